The molecule has 0 N–H and O–H groups in total. The molecular weight excluding hydrogens is 386 g/mol. The molecular formula is C15H21Br2NO2. The number of hydrogen-bond acceptors (Lipinski definition) is 2. The van der Waals surface area contributed by atoms with Gasteiger partial charge in [-0.1, -0.05) is 29.8 Å². The molecule has 0 aliphatic carbocycles. The van der Waals surface area contributed by atoms with Crippen molar-refractivity contribution in [1.82, 2.24) is 4.90 Å². The average molecular weight is 407 g/mol. The van der Waals surface area contributed by atoms with Gasteiger partial charge in [-0.15, -0.1) is 0 Å². The van der Waals surface area contributed by atoms with E-state index in [1.54, 1.807) is 13.2 Å². The smallest absolute Gasteiger partial charge is 0.255 e. The second-order valence-electron chi connectivity index (χ2n) is 4.50. The average Bonchev–Trinajstić information content (AvgIpc) is 2.47. The summed E-state index contributed by atoms with van der Waals surface area (Å²) in [5.74, 6) is 0.740. The molecule has 1 aromatic rings. The van der Waals surface area contributed by atoms with Crippen molar-refractivity contribution in [3.8, 4) is 5.75 Å². The van der Waals surface area contributed by atoms with Gasteiger partial charge < -0.3 is 9.64 Å². The van der Waals surface area contributed by atoms with Gasteiger partial charge in [0.25, 0.3) is 5.91 Å². The van der Waals surface area contributed by atoms with Crippen molar-refractivity contribution in [3.63, 3.8) is 0 Å². The summed E-state index contributed by atoms with van der Waals surface area (Å²) in [5.41, 5.74) is 0.650. The first-order valence-electron chi connectivity index (χ1n) is 6.79. The second kappa shape index (κ2) is 8.67. The molecule has 0 aliphatic rings. The summed E-state index contributed by atoms with van der Waals surface area (Å²) in [6.07, 6.45) is 1.91. The highest BCUT2D eigenvalue weighted by atomic mass is 79.9. The lowest BCUT2D eigenvalue weighted by Gasteiger charge is -2.30. The first kappa shape index (κ1) is 17.5. The van der Waals surface area contributed by atoms with Crippen molar-refractivity contribution >= 4 is 37.8 Å². The van der Waals surface area contributed by atoms with Crippen LogP contribution in [0, 0.1) is 0 Å². The fourth-order valence-corrected chi connectivity index (χ4v) is 3.02. The van der Waals surface area contributed by atoms with Crippen LogP contribution in [0.25, 0.3) is 0 Å². The van der Waals surface area contributed by atoms with Crippen LogP contribution in [-0.4, -0.2) is 35.8 Å². The predicted molar refractivity (Wildman–Crippen MR) is 89.9 cm³/mol. The summed E-state index contributed by atoms with van der Waals surface area (Å²) in [6, 6.07) is 5.74. The molecule has 0 aliphatic heterocycles. The van der Waals surface area contributed by atoms with E-state index < -0.39 is 0 Å². The van der Waals surface area contributed by atoms with E-state index in [9.17, 15) is 4.79 Å². The summed E-state index contributed by atoms with van der Waals surface area (Å²) < 4.78 is 6.01. The number of ether oxygens (including phenoxy) is 1. The predicted octanol–water partition coefficient (Wildman–Crippen LogP) is 4.48. The Labute approximate surface area is 137 Å². The number of nitrogens with zero attached hydrogens (tertiary/aromatic N) is 1. The molecule has 0 heterocycles. The summed E-state index contributed by atoms with van der Waals surface area (Å²) in [5, 5.41) is 0.775. The van der Waals surface area contributed by atoms with Crippen LogP contribution < -0.4 is 4.74 Å². The van der Waals surface area contributed by atoms with Crippen LogP contribution in [0.15, 0.2) is 22.7 Å². The summed E-state index contributed by atoms with van der Waals surface area (Å²) in [7, 11) is 1.61. The van der Waals surface area contributed by atoms with E-state index in [1.165, 1.54) is 0 Å². The highest BCUT2D eigenvalue weighted by Gasteiger charge is 2.23. The van der Waals surface area contributed by atoms with E-state index >= 15 is 0 Å². The van der Waals surface area contributed by atoms with Gasteiger partial charge in [0, 0.05) is 22.4 Å². The Morgan fingerprint density at radius 3 is 2.50 bits per heavy atom. The summed E-state index contributed by atoms with van der Waals surface area (Å²) >= 11 is 6.89. The van der Waals surface area contributed by atoms with Crippen LogP contribution in [-0.2, 0) is 0 Å². The molecule has 20 heavy (non-hydrogen) atoms. The molecule has 0 radical (unpaired) electrons. The molecule has 112 valence electrons. The molecule has 0 fully saturated rings. The molecule has 0 atom stereocenters. The van der Waals surface area contributed by atoms with E-state index in [2.05, 4.69) is 45.7 Å². The first-order valence-corrected chi connectivity index (χ1v) is 8.70. The molecule has 5 heteroatoms. The third kappa shape index (κ3) is 4.22. The zero-order chi connectivity index (χ0) is 15.1. The number of carbonyl (C=O) groups is 1. The molecule has 3 nitrogen and oxygen atoms in total. The van der Waals surface area contributed by atoms with Crippen molar-refractivity contribution in [2.24, 2.45) is 0 Å². The lowest BCUT2D eigenvalue weighted by atomic mass is 10.1. The van der Waals surface area contributed by atoms with Crippen molar-refractivity contribution in [2.75, 3.05) is 19.0 Å². The minimum Gasteiger partial charge on any atom is -0.497 e. The van der Waals surface area contributed by atoms with Gasteiger partial charge in [0.05, 0.1) is 12.7 Å². The van der Waals surface area contributed by atoms with E-state index in [1.807, 2.05) is 17.0 Å². The fourth-order valence-electron chi connectivity index (χ4n) is 2.22. The summed E-state index contributed by atoms with van der Waals surface area (Å²) in [4.78, 5) is 14.7. The maximum absolute atomic E-state index is 12.8. The largest absolute Gasteiger partial charge is 0.497 e. The van der Waals surface area contributed by atoms with E-state index in [0.29, 0.717) is 17.9 Å². The van der Waals surface area contributed by atoms with Gasteiger partial charge in [0.1, 0.15) is 5.75 Å². The van der Waals surface area contributed by atoms with Gasteiger partial charge in [-0.25, -0.2) is 0 Å². The standard InChI is InChI=1S/C15H21Br2NO2/c1-4-11(5-2)18(9-8-16)15(19)13-10-12(20-3)6-7-14(13)17/h6-7,10-11H,4-5,8-9H2,1-3H3. The molecule has 1 aromatic carbocycles. The van der Waals surface area contributed by atoms with Crippen molar-refractivity contribution < 1.29 is 9.53 Å². The quantitative estimate of drug-likeness (QED) is 0.624. The van der Waals surface area contributed by atoms with E-state index in [-0.39, 0.29) is 11.9 Å². The summed E-state index contributed by atoms with van der Waals surface area (Å²) in [6.45, 7) is 4.93. The highest BCUT2D eigenvalue weighted by molar-refractivity contribution is 9.10. The molecule has 0 saturated carbocycles. The molecule has 0 spiro atoms. The Morgan fingerprint density at radius 2 is 2.00 bits per heavy atom. The number of alkyl halides is 1. The van der Waals surface area contributed by atoms with E-state index in [4.69, 9.17) is 4.74 Å². The van der Waals surface area contributed by atoms with Gasteiger partial charge in [0.2, 0.25) is 0 Å². The minimum atomic E-state index is 0.0453. The topological polar surface area (TPSA) is 29.5 Å². The first-order chi connectivity index (χ1) is 9.58. The van der Waals surface area contributed by atoms with Crippen molar-refractivity contribution in [2.45, 2.75) is 32.7 Å². The SMILES string of the molecule is CCC(CC)N(CCBr)C(=O)c1cc(OC)ccc1Br. The molecule has 0 saturated heterocycles. The van der Waals surface area contributed by atoms with Gasteiger partial charge >= 0.3 is 0 Å². The lowest BCUT2D eigenvalue weighted by Crippen LogP contribution is -2.41. The van der Waals surface area contributed by atoms with Crippen molar-refractivity contribution in [3.05, 3.63) is 28.2 Å². The Hall–Kier alpha value is -0.550. The van der Waals surface area contributed by atoms with Crippen LogP contribution in [0.4, 0.5) is 0 Å². The van der Waals surface area contributed by atoms with Crippen LogP contribution in [0.5, 0.6) is 5.75 Å². The third-order valence-corrected chi connectivity index (χ3v) is 4.42. The lowest BCUT2D eigenvalue weighted by molar-refractivity contribution is 0.0681. The maximum atomic E-state index is 12.8. The minimum absolute atomic E-state index is 0.0453. The molecule has 0 unspecified atom stereocenters. The number of carbonyl (C=O) groups excluding carboxylic acids is 1. The third-order valence-electron chi connectivity index (χ3n) is 3.37. The van der Waals surface area contributed by atoms with Crippen LogP contribution in [0.1, 0.15) is 37.0 Å². The number of benzene rings is 1. The Kier molecular flexibility index (Phi) is 7.59. The molecule has 1 amide bonds. The molecule has 0 aromatic heterocycles. The number of hydrogen-bond donors (Lipinski definition) is 0. The number of halogens is 2. The second-order valence-corrected chi connectivity index (χ2v) is 6.15. The number of rotatable bonds is 7. The molecule has 1 rings (SSSR count). The maximum Gasteiger partial charge on any atom is 0.255 e. The highest BCUT2D eigenvalue weighted by Crippen LogP contribution is 2.25. The number of methoxy groups -OCH3 is 1. The zero-order valence-corrected chi connectivity index (χ0v) is 15.3. The van der Waals surface area contributed by atoms with Gasteiger partial charge in [0.15, 0.2) is 0 Å². The monoisotopic (exact) mass is 405 g/mol. The van der Waals surface area contributed by atoms with E-state index in [0.717, 1.165) is 22.6 Å². The van der Waals surface area contributed by atoms with Crippen LogP contribution in [0.2, 0.25) is 0 Å². The van der Waals surface area contributed by atoms with Crippen LogP contribution >= 0.6 is 31.9 Å². The van der Waals surface area contributed by atoms with Gasteiger partial charge in [-0.2, -0.15) is 0 Å². The Balaban J connectivity index is 3.11. The van der Waals surface area contributed by atoms with Crippen LogP contribution in [0.3, 0.4) is 0 Å². The molecule has 0 bridgehead atoms. The normalized spacial score (nSPS) is 10.7. The van der Waals surface area contributed by atoms with Gasteiger partial charge in [-0.3, -0.25) is 4.79 Å². The Morgan fingerprint density at radius 1 is 1.35 bits per heavy atom. The fraction of sp³-hybridized carbons (Fsp3) is 0.533. The zero-order valence-electron chi connectivity index (χ0n) is 12.2. The van der Waals surface area contributed by atoms with Gasteiger partial charge in [-0.05, 0) is 47.0 Å². The van der Waals surface area contributed by atoms with Crippen molar-refractivity contribution in [1.29, 1.82) is 0 Å². The number of amides is 1. The Bertz CT molecular complexity index is 447.